The van der Waals surface area contributed by atoms with Gasteiger partial charge in [0.2, 0.25) is 0 Å². The Balaban J connectivity index is 0.000000343. The van der Waals surface area contributed by atoms with Crippen LogP contribution in [-0.4, -0.2) is 275 Å². The smallest absolute Gasteiger partial charge is 0.311 e. The van der Waals surface area contributed by atoms with Crippen molar-refractivity contribution in [2.24, 2.45) is 16.7 Å². The number of rotatable bonds is 22. The largest absolute Gasteiger partial charge is 0.481 e. The summed E-state index contributed by atoms with van der Waals surface area (Å²) in [6, 6.07) is 0. The Labute approximate surface area is 511 Å². The summed E-state index contributed by atoms with van der Waals surface area (Å²) >= 11 is 0. The van der Waals surface area contributed by atoms with Gasteiger partial charge in [-0.1, -0.05) is 6.42 Å². The molecular formula is C61H116O25. The fourth-order valence-corrected chi connectivity index (χ4v) is 10.4. The van der Waals surface area contributed by atoms with Gasteiger partial charge in [-0.25, -0.2) is 0 Å². The van der Waals surface area contributed by atoms with E-state index in [0.717, 1.165) is 44.9 Å². The van der Waals surface area contributed by atoms with Crippen molar-refractivity contribution in [1.82, 2.24) is 0 Å². The molecule has 0 unspecified atom stereocenters. The highest BCUT2D eigenvalue weighted by atomic mass is 16.6. The first-order valence-electron chi connectivity index (χ1n) is 31.2. The van der Waals surface area contributed by atoms with Crippen molar-refractivity contribution in [1.29, 1.82) is 0 Å². The van der Waals surface area contributed by atoms with Crippen LogP contribution in [0.2, 0.25) is 0 Å². The Kier molecular flexibility index (Phi) is 38.1. The molecule has 8 rings (SSSR count). The molecule has 0 spiro atoms. The Bertz CT molecular complexity index is 1740. The van der Waals surface area contributed by atoms with Crippen molar-refractivity contribution in [3.8, 4) is 0 Å². The molecule has 3 saturated carbocycles. The van der Waals surface area contributed by atoms with E-state index in [2.05, 4.69) is 0 Å². The molecule has 0 radical (unpaired) electrons. The number of carboxylic acid groups (broad SMARTS) is 2. The van der Waals surface area contributed by atoms with Crippen LogP contribution in [0.3, 0.4) is 0 Å². The number of fused-ring (bicyclic) bond motifs is 1. The highest BCUT2D eigenvalue weighted by molar-refractivity contribution is 5.77. The van der Waals surface area contributed by atoms with Crippen molar-refractivity contribution in [2.45, 2.75) is 289 Å². The molecule has 8 aliphatic rings. The van der Waals surface area contributed by atoms with E-state index in [1.54, 1.807) is 0 Å². The zero-order chi connectivity index (χ0) is 65.1. The van der Waals surface area contributed by atoms with Crippen LogP contribution >= 0.6 is 0 Å². The summed E-state index contributed by atoms with van der Waals surface area (Å²) in [7, 11) is 0. The van der Waals surface area contributed by atoms with Crippen molar-refractivity contribution in [2.75, 3.05) is 72.7 Å². The van der Waals surface area contributed by atoms with Gasteiger partial charge in [-0.2, -0.15) is 0 Å². The predicted octanol–water partition coefficient (Wildman–Crippen LogP) is 2.80. The normalized spacial score (nSPS) is 32.3. The van der Waals surface area contributed by atoms with Crippen molar-refractivity contribution >= 4 is 11.9 Å². The van der Waals surface area contributed by atoms with E-state index in [0.29, 0.717) is 52.5 Å². The highest BCUT2D eigenvalue weighted by Gasteiger charge is 2.51. The number of carboxylic acids is 2. The molecule has 0 amide bonds. The van der Waals surface area contributed by atoms with E-state index < -0.39 is 60.1 Å². The topological polar surface area (TPSA) is 367 Å². The Morgan fingerprint density at radius 2 is 0.895 bits per heavy atom. The number of aliphatic carboxylic acids is 2. The van der Waals surface area contributed by atoms with E-state index >= 15 is 0 Å². The third-order valence-corrected chi connectivity index (χ3v) is 15.1. The molecule has 0 aromatic rings. The van der Waals surface area contributed by atoms with Gasteiger partial charge in [0.1, 0.15) is 67.1 Å². The maximum Gasteiger partial charge on any atom is 0.311 e. The van der Waals surface area contributed by atoms with Crippen LogP contribution in [0.15, 0.2) is 0 Å². The number of ether oxygens (including phenoxy) is 12. The highest BCUT2D eigenvalue weighted by Crippen LogP contribution is 2.46. The lowest BCUT2D eigenvalue weighted by Gasteiger charge is -2.45. The Morgan fingerprint density at radius 1 is 0.465 bits per heavy atom. The number of hydrogen-bond acceptors (Lipinski definition) is 23. The van der Waals surface area contributed by atoms with Gasteiger partial charge in [0.05, 0.1) is 151 Å². The molecule has 15 atom stereocenters. The first kappa shape index (κ1) is 80.2. The molecule has 0 bridgehead atoms. The molecule has 0 aromatic carbocycles. The summed E-state index contributed by atoms with van der Waals surface area (Å²) < 4.78 is 64.5. The zero-order valence-corrected chi connectivity index (χ0v) is 54.1. The monoisotopic (exact) mass is 1250 g/mol. The van der Waals surface area contributed by atoms with Gasteiger partial charge in [0, 0.05) is 11.8 Å². The molecule has 8 fully saturated rings. The van der Waals surface area contributed by atoms with Crippen LogP contribution in [0.1, 0.15) is 155 Å². The van der Waals surface area contributed by atoms with E-state index in [1.807, 2.05) is 96.9 Å². The maximum absolute atomic E-state index is 10.7. The molecule has 5 aliphatic heterocycles. The lowest BCUT2D eigenvalue weighted by molar-refractivity contribution is -0.160. The minimum Gasteiger partial charge on any atom is -0.481 e. The molecule has 86 heavy (non-hydrogen) atoms. The quantitative estimate of drug-likeness (QED) is 0.0742. The number of hydrogen-bond donors (Lipinski definition) is 11. The number of carbonyl (C=O) groups is 2. The lowest BCUT2D eigenvalue weighted by atomic mass is 9.68. The van der Waals surface area contributed by atoms with Crippen molar-refractivity contribution in [3.63, 3.8) is 0 Å². The van der Waals surface area contributed by atoms with Crippen LogP contribution in [0.25, 0.3) is 0 Å². The first-order chi connectivity index (χ1) is 40.4. The third-order valence-electron chi connectivity index (χ3n) is 15.1. The molecule has 0 aromatic heterocycles. The molecule has 3 aliphatic carbocycles. The summed E-state index contributed by atoms with van der Waals surface area (Å²) in [5.41, 5.74) is -0.774. The zero-order valence-electron chi connectivity index (χ0n) is 54.1. The van der Waals surface area contributed by atoms with Crippen LogP contribution in [-0.2, 0) is 66.4 Å². The third kappa shape index (κ3) is 29.2. The van der Waals surface area contributed by atoms with Crippen molar-refractivity contribution < 1.29 is 123 Å². The summed E-state index contributed by atoms with van der Waals surface area (Å²) in [5, 5.41) is 99.7. The summed E-state index contributed by atoms with van der Waals surface area (Å²) in [4.78, 5) is 21.3. The average Bonchev–Trinajstić information content (AvgIpc) is 1.62. The second-order valence-electron chi connectivity index (χ2n) is 25.6. The maximum atomic E-state index is 10.7. The Morgan fingerprint density at radius 3 is 1.29 bits per heavy atom. The van der Waals surface area contributed by atoms with Gasteiger partial charge >= 0.3 is 11.9 Å². The molecule has 5 saturated heterocycles. The minimum absolute atomic E-state index is 0.0119. The van der Waals surface area contributed by atoms with Gasteiger partial charge in [-0.05, 0) is 142 Å². The Hall–Kier alpha value is -1.90. The molecule has 510 valence electrons. The van der Waals surface area contributed by atoms with Crippen LogP contribution in [0, 0.1) is 16.7 Å². The molecule has 11 N–H and O–H groups in total. The van der Waals surface area contributed by atoms with Crippen LogP contribution < -0.4 is 0 Å². The SMILES string of the molecule is CC(C)OC1CC(CO)(CO)C1.CC(C)OCC1(C(=O)O)CC1.CC(C)O[C@@H]1CO[C@@H](CO)[C@@H]1O.CC(C)O[C@@H]1CO[C@H]2[C@@H]1OC[C@H]2O.CC(C)O[C@H]1CCC[C@H](C(=O)O)C1.CC(C)O[C@H]1CO[C@H](CO)[C@@H](O)C1.CC(C)O[C@H]1CO[C@H](CO)[C@H]1O. The predicted molar refractivity (Wildman–Crippen MR) is 314 cm³/mol. The van der Waals surface area contributed by atoms with Gasteiger partial charge in [-0.15, -0.1) is 0 Å². The number of aliphatic hydroxyl groups excluding tert-OH is 9. The molecular weight excluding hydrogens is 1130 g/mol. The van der Waals surface area contributed by atoms with E-state index in [-0.39, 0.29) is 136 Å². The van der Waals surface area contributed by atoms with E-state index in [4.69, 9.17) is 92.6 Å². The van der Waals surface area contributed by atoms with Crippen molar-refractivity contribution in [3.05, 3.63) is 0 Å². The van der Waals surface area contributed by atoms with Gasteiger partial charge in [0.15, 0.2) is 0 Å². The van der Waals surface area contributed by atoms with Gasteiger partial charge in [-0.3, -0.25) is 9.59 Å². The second kappa shape index (κ2) is 40.8. The lowest BCUT2D eigenvalue weighted by Crippen LogP contribution is -2.48. The van der Waals surface area contributed by atoms with E-state index in [9.17, 15) is 30.0 Å². The fraction of sp³-hybridized carbons (Fsp3) is 0.967. The molecule has 5 heterocycles. The fourth-order valence-electron chi connectivity index (χ4n) is 10.4. The average molecular weight is 1250 g/mol. The van der Waals surface area contributed by atoms with Crippen LogP contribution in [0.5, 0.6) is 0 Å². The molecule has 25 nitrogen and oxygen atoms in total. The summed E-state index contributed by atoms with van der Waals surface area (Å²) in [5.74, 6) is -1.56. The first-order valence-corrected chi connectivity index (χ1v) is 31.2. The van der Waals surface area contributed by atoms with Gasteiger partial charge in [0.25, 0.3) is 0 Å². The summed E-state index contributed by atoms with van der Waals surface area (Å²) in [6.07, 6.45) is 3.86. The second-order valence-corrected chi connectivity index (χ2v) is 25.6. The van der Waals surface area contributed by atoms with Crippen LogP contribution in [0.4, 0.5) is 0 Å². The summed E-state index contributed by atoms with van der Waals surface area (Å²) in [6.45, 7) is 29.5. The van der Waals surface area contributed by atoms with Gasteiger partial charge < -0.3 is 113 Å². The standard InChI is InChI=1S/C10H18O3.C9H16O4.C9H18O4.C9H18O3.2C8H16O4.C8H14O3/c1-7(2)13-9-5-3-4-8(6-9)10(11)12;1-5(2)13-7-4-12-8-6(10)3-11-9(7)8;1-6(2)13-7-3-8(11)9(4-10)12-5-7;1-7(2)12-8-3-9(4-8,5-10)6-11;2*1-5(2)12-7-4-11-6(3-9)8(7)10;1-6(2)11-5-8(3-4-8)7(9)10/h7-9H,3-6H2,1-2H3,(H,11,12);5-10H,3-4H2,1-2H3;6-11H,3-5H2,1-2H3;7-8,10-11H,3-6H2,1-2H3;2*5-10H,3-4H2,1-2H3;6H,3-5H2,1-2H3,(H,9,10)/t8-,9-;6-,7-,8-,9-;7-,8+,9-;;2*6-,7+,8-;/m011.10./s1. The van der Waals surface area contributed by atoms with E-state index in [1.165, 1.54) is 0 Å². The minimum atomic E-state index is -0.710. The number of aliphatic hydroxyl groups is 9. The molecule has 25 heteroatoms.